The molecule has 1 rings (SSSR count). The average molecular weight is 274 g/mol. The van der Waals surface area contributed by atoms with E-state index in [1.807, 2.05) is 24.3 Å². The van der Waals surface area contributed by atoms with E-state index in [-0.39, 0.29) is 11.9 Å². The molecule has 108 valence electrons. The van der Waals surface area contributed by atoms with Crippen LogP contribution >= 0.6 is 0 Å². The summed E-state index contributed by atoms with van der Waals surface area (Å²) < 4.78 is 0. The van der Waals surface area contributed by atoms with Gasteiger partial charge in [0.1, 0.15) is 0 Å². The highest BCUT2D eigenvalue weighted by Gasteiger charge is 2.03. The van der Waals surface area contributed by atoms with Crippen molar-refractivity contribution < 1.29 is 4.79 Å². The van der Waals surface area contributed by atoms with Gasteiger partial charge in [-0.2, -0.15) is 5.26 Å². The Balaban J connectivity index is 2.31. The number of benzene rings is 1. The maximum absolute atomic E-state index is 11.5. The Labute approximate surface area is 120 Å². The molecule has 3 N–H and O–H groups in total. The van der Waals surface area contributed by atoms with Crippen molar-refractivity contribution in [2.45, 2.75) is 26.8 Å². The zero-order valence-electron chi connectivity index (χ0n) is 12.1. The maximum atomic E-state index is 11.5. The lowest BCUT2D eigenvalue weighted by Crippen LogP contribution is -2.37. The maximum Gasteiger partial charge on any atom is 0.315 e. The Hall–Kier alpha value is -2.22. The summed E-state index contributed by atoms with van der Waals surface area (Å²) in [4.78, 5) is 11.5. The predicted octanol–water partition coefficient (Wildman–Crippen LogP) is 2.47. The monoisotopic (exact) mass is 274 g/mol. The van der Waals surface area contributed by atoms with Crippen molar-refractivity contribution in [3.8, 4) is 6.07 Å². The van der Waals surface area contributed by atoms with Crippen LogP contribution in [0.3, 0.4) is 0 Å². The summed E-state index contributed by atoms with van der Waals surface area (Å²) >= 11 is 0. The molecule has 0 saturated heterocycles. The van der Waals surface area contributed by atoms with Gasteiger partial charge in [0.25, 0.3) is 0 Å². The van der Waals surface area contributed by atoms with Crippen LogP contribution in [0.5, 0.6) is 0 Å². The number of amides is 2. The van der Waals surface area contributed by atoms with E-state index in [0.717, 1.165) is 24.2 Å². The highest BCUT2D eigenvalue weighted by Crippen LogP contribution is 2.09. The van der Waals surface area contributed by atoms with Crippen LogP contribution in [0.1, 0.15) is 25.8 Å². The zero-order valence-corrected chi connectivity index (χ0v) is 12.1. The molecule has 5 heteroatoms. The molecule has 1 aromatic carbocycles. The van der Waals surface area contributed by atoms with E-state index in [2.05, 4.69) is 28.9 Å². The highest BCUT2D eigenvalue weighted by atomic mass is 16.2. The first-order valence-electron chi connectivity index (χ1n) is 6.89. The van der Waals surface area contributed by atoms with Crippen LogP contribution in [0.25, 0.3) is 0 Å². The SMILES string of the molecule is CCCNc1ccc(CNC(=O)NCC(C)C#N)cc1. The number of hydrogen-bond acceptors (Lipinski definition) is 3. The van der Waals surface area contributed by atoms with E-state index in [1.54, 1.807) is 6.92 Å². The van der Waals surface area contributed by atoms with Crippen LogP contribution < -0.4 is 16.0 Å². The third kappa shape index (κ3) is 6.10. The molecule has 0 aliphatic heterocycles. The number of carbonyl (C=O) groups is 1. The minimum Gasteiger partial charge on any atom is -0.385 e. The van der Waals surface area contributed by atoms with Gasteiger partial charge in [-0.1, -0.05) is 19.1 Å². The Morgan fingerprint density at radius 1 is 1.30 bits per heavy atom. The van der Waals surface area contributed by atoms with Gasteiger partial charge in [-0.15, -0.1) is 0 Å². The minimum atomic E-state index is -0.250. The number of hydrogen-bond donors (Lipinski definition) is 3. The summed E-state index contributed by atoms with van der Waals surface area (Å²) in [7, 11) is 0. The first-order chi connectivity index (χ1) is 9.65. The Kier molecular flexibility index (Phi) is 6.97. The lowest BCUT2D eigenvalue weighted by Gasteiger charge is -2.09. The Bertz CT molecular complexity index is 450. The molecule has 0 aliphatic carbocycles. The van der Waals surface area contributed by atoms with Crippen LogP contribution in [0, 0.1) is 17.2 Å². The molecule has 0 heterocycles. The summed E-state index contributed by atoms with van der Waals surface area (Å²) in [6.45, 7) is 5.68. The van der Waals surface area contributed by atoms with Crippen molar-refractivity contribution in [2.24, 2.45) is 5.92 Å². The van der Waals surface area contributed by atoms with Gasteiger partial charge in [0.15, 0.2) is 0 Å². The van der Waals surface area contributed by atoms with Crippen molar-refractivity contribution in [1.82, 2.24) is 10.6 Å². The number of rotatable bonds is 7. The third-order valence-electron chi connectivity index (χ3n) is 2.78. The summed E-state index contributed by atoms with van der Waals surface area (Å²) in [5.41, 5.74) is 2.12. The molecule has 5 nitrogen and oxygen atoms in total. The van der Waals surface area contributed by atoms with E-state index < -0.39 is 0 Å². The Morgan fingerprint density at radius 2 is 2.00 bits per heavy atom. The molecule has 20 heavy (non-hydrogen) atoms. The zero-order chi connectivity index (χ0) is 14.8. The highest BCUT2D eigenvalue weighted by molar-refractivity contribution is 5.73. The molecule has 0 spiro atoms. The predicted molar refractivity (Wildman–Crippen MR) is 80.2 cm³/mol. The fourth-order valence-corrected chi connectivity index (χ4v) is 1.55. The molecule has 0 aromatic heterocycles. The number of carbonyl (C=O) groups excluding carboxylic acids is 1. The molecular formula is C15H22N4O. The molecule has 1 aromatic rings. The summed E-state index contributed by atoms with van der Waals surface area (Å²) in [5.74, 6) is -0.176. The van der Waals surface area contributed by atoms with Crippen molar-refractivity contribution in [1.29, 1.82) is 5.26 Å². The van der Waals surface area contributed by atoms with E-state index in [4.69, 9.17) is 5.26 Å². The molecule has 0 aliphatic rings. The molecule has 0 saturated carbocycles. The van der Waals surface area contributed by atoms with Gasteiger partial charge in [-0.25, -0.2) is 4.79 Å². The third-order valence-corrected chi connectivity index (χ3v) is 2.78. The van der Waals surface area contributed by atoms with Gasteiger partial charge in [0, 0.05) is 25.3 Å². The minimum absolute atomic E-state index is 0.176. The van der Waals surface area contributed by atoms with Gasteiger partial charge < -0.3 is 16.0 Å². The lowest BCUT2D eigenvalue weighted by molar-refractivity contribution is 0.239. The molecular weight excluding hydrogens is 252 g/mol. The molecule has 2 amide bonds. The standard InChI is InChI=1S/C15H22N4O/c1-3-8-17-14-6-4-13(5-7-14)11-19-15(20)18-10-12(2)9-16/h4-7,12,17H,3,8,10-11H2,1-2H3,(H2,18,19,20). The number of nitrogens with zero attached hydrogens (tertiary/aromatic N) is 1. The fourth-order valence-electron chi connectivity index (χ4n) is 1.55. The second-order valence-corrected chi connectivity index (χ2v) is 4.72. The largest absolute Gasteiger partial charge is 0.385 e. The molecule has 1 unspecified atom stereocenters. The van der Waals surface area contributed by atoms with Gasteiger partial charge in [0.05, 0.1) is 12.0 Å². The van der Waals surface area contributed by atoms with Gasteiger partial charge >= 0.3 is 6.03 Å². The van der Waals surface area contributed by atoms with E-state index >= 15 is 0 Å². The molecule has 0 fully saturated rings. The quantitative estimate of drug-likeness (QED) is 0.715. The van der Waals surface area contributed by atoms with E-state index in [1.165, 1.54) is 0 Å². The van der Waals surface area contributed by atoms with Crippen LogP contribution in [0.15, 0.2) is 24.3 Å². The van der Waals surface area contributed by atoms with Crippen LogP contribution in [-0.4, -0.2) is 19.1 Å². The van der Waals surface area contributed by atoms with Crippen LogP contribution in [0.4, 0.5) is 10.5 Å². The summed E-state index contributed by atoms with van der Waals surface area (Å²) in [6, 6.07) is 9.79. The number of nitriles is 1. The summed E-state index contributed by atoms with van der Waals surface area (Å²) in [5, 5.41) is 17.3. The van der Waals surface area contributed by atoms with E-state index in [0.29, 0.717) is 13.1 Å². The molecule has 1 atom stereocenters. The van der Waals surface area contributed by atoms with Gasteiger partial charge in [-0.05, 0) is 31.0 Å². The number of urea groups is 1. The molecule has 0 bridgehead atoms. The fraction of sp³-hybridized carbons (Fsp3) is 0.467. The molecule has 0 radical (unpaired) electrons. The normalized spacial score (nSPS) is 11.2. The average Bonchev–Trinajstić information content (AvgIpc) is 2.49. The van der Waals surface area contributed by atoms with Crippen molar-refractivity contribution in [2.75, 3.05) is 18.4 Å². The van der Waals surface area contributed by atoms with Crippen molar-refractivity contribution >= 4 is 11.7 Å². The van der Waals surface area contributed by atoms with Crippen LogP contribution in [-0.2, 0) is 6.54 Å². The van der Waals surface area contributed by atoms with Crippen LogP contribution in [0.2, 0.25) is 0 Å². The van der Waals surface area contributed by atoms with Crippen molar-refractivity contribution in [3.05, 3.63) is 29.8 Å². The summed E-state index contributed by atoms with van der Waals surface area (Å²) in [6.07, 6.45) is 1.09. The van der Waals surface area contributed by atoms with Gasteiger partial charge in [0.2, 0.25) is 0 Å². The smallest absolute Gasteiger partial charge is 0.315 e. The van der Waals surface area contributed by atoms with Gasteiger partial charge in [-0.3, -0.25) is 0 Å². The number of nitrogens with one attached hydrogen (secondary N) is 3. The first-order valence-corrected chi connectivity index (χ1v) is 6.89. The lowest BCUT2D eigenvalue weighted by atomic mass is 10.2. The second-order valence-electron chi connectivity index (χ2n) is 4.72. The topological polar surface area (TPSA) is 76.9 Å². The second kappa shape index (κ2) is 8.81. The Morgan fingerprint density at radius 3 is 2.60 bits per heavy atom. The number of anilines is 1. The van der Waals surface area contributed by atoms with Crippen molar-refractivity contribution in [3.63, 3.8) is 0 Å². The first kappa shape index (κ1) is 15.8. The van der Waals surface area contributed by atoms with E-state index in [9.17, 15) is 4.79 Å².